The lowest BCUT2D eigenvalue weighted by atomic mass is 10.2. The average Bonchev–Trinajstić information content (AvgIpc) is 3.02. The zero-order valence-corrected chi connectivity index (χ0v) is 13.6. The van der Waals surface area contributed by atoms with Crippen LogP contribution in [-0.4, -0.2) is 12.3 Å². The summed E-state index contributed by atoms with van der Waals surface area (Å²) in [4.78, 5) is 0. The number of hydrogen-bond acceptors (Lipinski definition) is 2. The van der Waals surface area contributed by atoms with E-state index in [0.717, 1.165) is 30.0 Å². The summed E-state index contributed by atoms with van der Waals surface area (Å²) in [6, 6.07) is 16.4. The third-order valence-corrected chi connectivity index (χ3v) is 7.76. The van der Waals surface area contributed by atoms with Crippen molar-refractivity contribution in [2.45, 2.75) is 32.5 Å². The molecule has 0 aliphatic carbocycles. The number of rotatable bonds is 3. The van der Waals surface area contributed by atoms with Crippen LogP contribution in [0.4, 0.5) is 0 Å². The van der Waals surface area contributed by atoms with E-state index in [4.69, 9.17) is 0 Å². The van der Waals surface area contributed by atoms with Gasteiger partial charge < -0.3 is 9.88 Å². The summed E-state index contributed by atoms with van der Waals surface area (Å²) in [5.74, 6) is 0.0721. The summed E-state index contributed by atoms with van der Waals surface area (Å²) in [7, 11) is -2.62. The molecule has 0 bridgehead atoms. The van der Waals surface area contributed by atoms with Gasteiger partial charge in [-0.15, -0.1) is 0 Å². The molecule has 0 spiro atoms. The van der Waals surface area contributed by atoms with Gasteiger partial charge >= 0.3 is 0 Å². The van der Waals surface area contributed by atoms with E-state index < -0.39 is 7.14 Å². The third kappa shape index (κ3) is 2.71. The molecule has 2 nitrogen and oxygen atoms in total. The second kappa shape index (κ2) is 5.79. The summed E-state index contributed by atoms with van der Waals surface area (Å²) < 4.78 is 14.0. The molecular formula is C18H22NOP. The van der Waals surface area contributed by atoms with E-state index in [9.17, 15) is 4.57 Å². The quantitative estimate of drug-likeness (QED) is 0.881. The lowest BCUT2D eigenvalue weighted by Crippen LogP contribution is -2.32. The minimum Gasteiger partial charge on any atom is -0.312 e. The summed E-state index contributed by atoms with van der Waals surface area (Å²) in [6.07, 6.45) is 2.09. The van der Waals surface area contributed by atoms with Gasteiger partial charge in [0.05, 0.1) is 5.78 Å². The topological polar surface area (TPSA) is 29.1 Å². The zero-order chi connectivity index (χ0) is 14.9. The summed E-state index contributed by atoms with van der Waals surface area (Å²) in [6.45, 7) is 5.09. The van der Waals surface area contributed by atoms with Crippen LogP contribution in [0.1, 0.15) is 24.0 Å². The van der Waals surface area contributed by atoms with Crippen molar-refractivity contribution in [1.82, 2.24) is 5.32 Å². The molecule has 2 aromatic carbocycles. The molecule has 1 aliphatic heterocycles. The van der Waals surface area contributed by atoms with Crippen molar-refractivity contribution in [2.75, 3.05) is 6.54 Å². The van der Waals surface area contributed by atoms with Crippen LogP contribution in [0.3, 0.4) is 0 Å². The highest BCUT2D eigenvalue weighted by Crippen LogP contribution is 2.50. The number of benzene rings is 2. The fourth-order valence-electron chi connectivity index (χ4n) is 3.02. The Bertz CT molecular complexity index is 605. The van der Waals surface area contributed by atoms with Crippen molar-refractivity contribution in [3.8, 4) is 0 Å². The first kappa shape index (κ1) is 14.6. The Balaban J connectivity index is 2.12. The molecule has 3 rings (SSSR count). The highest BCUT2D eigenvalue weighted by Gasteiger charge is 2.38. The highest BCUT2D eigenvalue weighted by molar-refractivity contribution is 7.79. The second-order valence-electron chi connectivity index (χ2n) is 5.94. The lowest BCUT2D eigenvalue weighted by Gasteiger charge is -2.26. The molecule has 1 fully saturated rings. The molecule has 0 saturated carbocycles. The number of aryl methyl sites for hydroxylation is 2. The van der Waals surface area contributed by atoms with Gasteiger partial charge in [0.1, 0.15) is 0 Å². The fraction of sp³-hybridized carbons (Fsp3) is 0.333. The van der Waals surface area contributed by atoms with Crippen LogP contribution < -0.4 is 15.9 Å². The second-order valence-corrected chi connectivity index (χ2v) is 8.91. The van der Waals surface area contributed by atoms with Crippen molar-refractivity contribution in [3.05, 3.63) is 59.7 Å². The van der Waals surface area contributed by atoms with Gasteiger partial charge in [-0.05, 0) is 33.2 Å². The molecule has 1 heterocycles. The average molecular weight is 299 g/mol. The Hall–Kier alpha value is -1.37. The Labute approximate surface area is 127 Å². The van der Waals surface area contributed by atoms with E-state index in [1.807, 2.05) is 24.3 Å². The predicted octanol–water partition coefficient (Wildman–Crippen LogP) is 3.33. The minimum atomic E-state index is -2.62. The van der Waals surface area contributed by atoms with Gasteiger partial charge in [-0.1, -0.05) is 59.7 Å². The van der Waals surface area contributed by atoms with Crippen LogP contribution in [-0.2, 0) is 4.57 Å². The number of hydrogen-bond donors (Lipinski definition) is 1. The molecule has 1 N–H and O–H groups in total. The minimum absolute atomic E-state index is 0.0721. The van der Waals surface area contributed by atoms with E-state index in [1.165, 1.54) is 11.1 Å². The standard InChI is InChI=1S/C18H22NOP/c1-14-5-9-16(10-6-14)21(20,18-4-3-13-19-18)17-11-7-15(2)8-12-17/h5-12,18-19H,3-4,13H2,1-2H3. The van der Waals surface area contributed by atoms with Crippen LogP contribution in [0, 0.1) is 13.8 Å². The van der Waals surface area contributed by atoms with E-state index in [0.29, 0.717) is 0 Å². The van der Waals surface area contributed by atoms with Crippen LogP contribution in [0.5, 0.6) is 0 Å². The Morgan fingerprint density at radius 1 is 0.905 bits per heavy atom. The van der Waals surface area contributed by atoms with E-state index >= 15 is 0 Å². The van der Waals surface area contributed by atoms with Gasteiger partial charge in [0.15, 0.2) is 7.14 Å². The molecule has 0 radical (unpaired) electrons. The molecular weight excluding hydrogens is 277 g/mol. The molecule has 3 heteroatoms. The van der Waals surface area contributed by atoms with Gasteiger partial charge in [0.25, 0.3) is 0 Å². The normalized spacial score (nSPS) is 18.9. The maximum absolute atomic E-state index is 14.0. The molecule has 0 aromatic heterocycles. The first-order valence-corrected chi connectivity index (χ1v) is 9.36. The maximum Gasteiger partial charge on any atom is 0.159 e. The Morgan fingerprint density at radius 2 is 1.38 bits per heavy atom. The maximum atomic E-state index is 14.0. The van der Waals surface area contributed by atoms with Crippen LogP contribution >= 0.6 is 7.14 Å². The van der Waals surface area contributed by atoms with E-state index in [1.54, 1.807) is 0 Å². The van der Waals surface area contributed by atoms with E-state index in [2.05, 4.69) is 43.4 Å². The van der Waals surface area contributed by atoms with Gasteiger partial charge in [-0.2, -0.15) is 0 Å². The predicted molar refractivity (Wildman–Crippen MR) is 90.3 cm³/mol. The monoisotopic (exact) mass is 299 g/mol. The van der Waals surface area contributed by atoms with Crippen molar-refractivity contribution in [3.63, 3.8) is 0 Å². The summed E-state index contributed by atoms with van der Waals surface area (Å²) in [5.41, 5.74) is 2.40. The van der Waals surface area contributed by atoms with Crippen LogP contribution in [0.25, 0.3) is 0 Å². The molecule has 2 aromatic rings. The van der Waals surface area contributed by atoms with Gasteiger partial charge in [-0.3, -0.25) is 0 Å². The SMILES string of the molecule is Cc1ccc(P(=O)(c2ccc(C)cc2)C2CCCN2)cc1. The van der Waals surface area contributed by atoms with Crippen molar-refractivity contribution < 1.29 is 4.57 Å². The smallest absolute Gasteiger partial charge is 0.159 e. The van der Waals surface area contributed by atoms with Crippen molar-refractivity contribution in [1.29, 1.82) is 0 Å². The summed E-state index contributed by atoms with van der Waals surface area (Å²) in [5, 5.41) is 5.40. The molecule has 21 heavy (non-hydrogen) atoms. The zero-order valence-electron chi connectivity index (χ0n) is 12.7. The first-order valence-electron chi connectivity index (χ1n) is 7.58. The molecule has 1 aliphatic rings. The lowest BCUT2D eigenvalue weighted by molar-refractivity contribution is 0.571. The molecule has 1 atom stereocenters. The van der Waals surface area contributed by atoms with Crippen molar-refractivity contribution >= 4 is 17.8 Å². The first-order chi connectivity index (χ1) is 10.1. The highest BCUT2D eigenvalue weighted by atomic mass is 31.2. The Kier molecular flexibility index (Phi) is 4.01. The fourth-order valence-corrected chi connectivity index (χ4v) is 6.15. The Morgan fingerprint density at radius 3 is 1.76 bits per heavy atom. The van der Waals surface area contributed by atoms with Gasteiger partial charge in [0, 0.05) is 10.6 Å². The van der Waals surface area contributed by atoms with Crippen LogP contribution in [0.2, 0.25) is 0 Å². The van der Waals surface area contributed by atoms with Gasteiger partial charge in [0.2, 0.25) is 0 Å². The van der Waals surface area contributed by atoms with Crippen LogP contribution in [0.15, 0.2) is 48.5 Å². The molecule has 110 valence electrons. The van der Waals surface area contributed by atoms with Crippen molar-refractivity contribution in [2.24, 2.45) is 0 Å². The molecule has 1 unspecified atom stereocenters. The molecule has 0 amide bonds. The largest absolute Gasteiger partial charge is 0.312 e. The van der Waals surface area contributed by atoms with E-state index in [-0.39, 0.29) is 5.78 Å². The third-order valence-electron chi connectivity index (χ3n) is 4.31. The number of nitrogens with one attached hydrogen (secondary N) is 1. The molecule has 1 saturated heterocycles. The summed E-state index contributed by atoms with van der Waals surface area (Å²) >= 11 is 0. The van der Waals surface area contributed by atoms with Gasteiger partial charge in [-0.25, -0.2) is 0 Å².